The van der Waals surface area contributed by atoms with Crippen LogP contribution in [0.15, 0.2) is 53.5 Å². The fourth-order valence-electron chi connectivity index (χ4n) is 6.23. The van der Waals surface area contributed by atoms with E-state index in [1.807, 2.05) is 48.2 Å². The van der Waals surface area contributed by atoms with Crippen LogP contribution in [-0.2, 0) is 22.4 Å². The molecule has 2 aromatic heterocycles. The fourth-order valence-corrected chi connectivity index (χ4v) is 6.23. The number of anilines is 1. The smallest absolute Gasteiger partial charge is 0.330 e. The van der Waals surface area contributed by atoms with Gasteiger partial charge in [0.05, 0.1) is 11.6 Å². The van der Waals surface area contributed by atoms with Crippen LogP contribution in [0.2, 0.25) is 0 Å². The average molecular weight is 500 g/mol. The lowest BCUT2D eigenvalue weighted by Crippen LogP contribution is -2.72. The molecule has 1 N–H and O–H groups in total. The summed E-state index contributed by atoms with van der Waals surface area (Å²) in [6.45, 7) is 2.65. The highest BCUT2D eigenvalue weighted by Gasteiger charge is 2.62. The van der Waals surface area contributed by atoms with E-state index in [2.05, 4.69) is 5.32 Å². The third-order valence-corrected chi connectivity index (χ3v) is 8.13. The number of fused-ring (bicyclic) bond motifs is 5. The molecule has 2 atom stereocenters. The number of hydrogen-bond acceptors (Lipinski definition) is 6. The first-order valence-electron chi connectivity index (χ1n) is 12.9. The van der Waals surface area contributed by atoms with Gasteiger partial charge in [0.25, 0.3) is 5.56 Å². The molecule has 1 aromatic carbocycles. The molecule has 190 valence electrons. The molecule has 0 bridgehead atoms. The zero-order valence-corrected chi connectivity index (χ0v) is 20.8. The minimum absolute atomic E-state index is 0.0774. The summed E-state index contributed by atoms with van der Waals surface area (Å²) in [7, 11) is 0. The number of urea groups is 1. The predicted molar refractivity (Wildman–Crippen MR) is 137 cm³/mol. The number of rotatable bonds is 3. The maximum Gasteiger partial charge on any atom is 0.330 e. The molecule has 0 saturated carbocycles. The van der Waals surface area contributed by atoms with Crippen molar-refractivity contribution in [3.05, 3.63) is 75.7 Å². The van der Waals surface area contributed by atoms with Crippen LogP contribution in [0, 0.1) is 12.3 Å². The van der Waals surface area contributed by atoms with Gasteiger partial charge in [0.1, 0.15) is 11.5 Å². The second-order valence-corrected chi connectivity index (χ2v) is 10.3. The first-order valence-corrected chi connectivity index (χ1v) is 12.9. The van der Waals surface area contributed by atoms with Gasteiger partial charge in [-0.25, -0.2) is 9.78 Å². The predicted octanol–water partition coefficient (Wildman–Crippen LogP) is 2.62. The van der Waals surface area contributed by atoms with Gasteiger partial charge in [-0.05, 0) is 43.4 Å². The highest BCUT2D eigenvalue weighted by atomic mass is 16.2. The molecule has 2 saturated heterocycles. The van der Waals surface area contributed by atoms with Crippen molar-refractivity contribution in [1.29, 1.82) is 0 Å². The van der Waals surface area contributed by atoms with Crippen molar-refractivity contribution in [3.63, 3.8) is 0 Å². The Hall–Kier alpha value is -4.01. The zero-order chi connectivity index (χ0) is 25.7. The summed E-state index contributed by atoms with van der Waals surface area (Å²) in [5.41, 5.74) is 0.938. The fraction of sp³-hybridized carbons (Fsp3) is 0.393. The van der Waals surface area contributed by atoms with Crippen LogP contribution in [0.25, 0.3) is 5.65 Å². The molecule has 3 aromatic rings. The van der Waals surface area contributed by atoms with Gasteiger partial charge in [-0.15, -0.1) is 0 Å². The number of nitrogens with one attached hydrogen (secondary N) is 1. The van der Waals surface area contributed by atoms with Gasteiger partial charge in [-0.2, -0.15) is 0 Å². The van der Waals surface area contributed by atoms with E-state index >= 15 is 0 Å². The number of hydrogen-bond donors (Lipinski definition) is 1. The van der Waals surface area contributed by atoms with Crippen molar-refractivity contribution in [2.24, 2.45) is 5.41 Å². The van der Waals surface area contributed by atoms with Gasteiger partial charge in [0.15, 0.2) is 5.41 Å². The van der Waals surface area contributed by atoms with Crippen LogP contribution in [-0.4, -0.2) is 51.3 Å². The van der Waals surface area contributed by atoms with Gasteiger partial charge < -0.3 is 4.90 Å². The van der Waals surface area contributed by atoms with Crippen LogP contribution in [0.5, 0.6) is 0 Å². The summed E-state index contributed by atoms with van der Waals surface area (Å²) in [5, 5.41) is 2.48. The van der Waals surface area contributed by atoms with Crippen LogP contribution in [0.1, 0.15) is 42.4 Å². The lowest BCUT2D eigenvalue weighted by Gasteiger charge is -2.50. The van der Waals surface area contributed by atoms with E-state index in [4.69, 9.17) is 4.98 Å². The first-order chi connectivity index (χ1) is 17.9. The Morgan fingerprint density at radius 2 is 1.84 bits per heavy atom. The number of carbonyl (C=O) groups is 3. The molecule has 3 aliphatic heterocycles. The normalized spacial score (nSPS) is 23.6. The summed E-state index contributed by atoms with van der Waals surface area (Å²) in [6, 6.07) is 12.1. The van der Waals surface area contributed by atoms with Gasteiger partial charge in [0.2, 0.25) is 11.8 Å². The quantitative estimate of drug-likeness (QED) is 0.556. The Kier molecular flexibility index (Phi) is 5.58. The topological polar surface area (TPSA) is 104 Å². The van der Waals surface area contributed by atoms with Crippen molar-refractivity contribution in [2.75, 3.05) is 18.0 Å². The lowest BCUT2D eigenvalue weighted by molar-refractivity contribution is -0.153. The number of imide groups is 2. The maximum atomic E-state index is 14.2. The largest absolute Gasteiger partial charge is 0.352 e. The number of nitrogens with zero attached hydrogens (tertiary/aromatic N) is 4. The Morgan fingerprint density at radius 3 is 2.65 bits per heavy atom. The number of aryl methyl sites for hydroxylation is 1. The van der Waals surface area contributed by atoms with E-state index in [1.54, 1.807) is 12.3 Å². The monoisotopic (exact) mass is 499 g/mol. The summed E-state index contributed by atoms with van der Waals surface area (Å²) >= 11 is 0. The Labute approximate surface area is 214 Å². The molecule has 9 heteroatoms. The standard InChI is InChI=1S/C28H29N5O4/c1-18-9-8-15-32-22(18)29-23-20(24(32)34)17-28(21-12-6-3-7-14-31(21)23)25(35)30-27(37)33(26(28)36)16-13-19-10-4-2-5-11-19/h2,4-5,8-11,15,21H,3,6-7,12-14,16-17H2,1H3,(H,30,35,37)/t21-,28+/m1/s1. The van der Waals surface area contributed by atoms with Gasteiger partial charge >= 0.3 is 6.03 Å². The van der Waals surface area contributed by atoms with Crippen molar-refractivity contribution in [2.45, 2.75) is 51.5 Å². The van der Waals surface area contributed by atoms with Gasteiger partial charge in [0, 0.05) is 25.7 Å². The minimum Gasteiger partial charge on any atom is -0.352 e. The molecule has 0 radical (unpaired) electrons. The number of amides is 4. The lowest BCUT2D eigenvalue weighted by atomic mass is 9.68. The van der Waals surface area contributed by atoms with Crippen molar-refractivity contribution < 1.29 is 14.4 Å². The third kappa shape index (κ3) is 3.55. The van der Waals surface area contributed by atoms with E-state index in [9.17, 15) is 19.2 Å². The molecule has 0 aliphatic carbocycles. The summed E-state index contributed by atoms with van der Waals surface area (Å²) in [4.78, 5) is 62.6. The molecule has 9 nitrogen and oxygen atoms in total. The van der Waals surface area contributed by atoms with Crippen LogP contribution in [0.3, 0.4) is 0 Å². The number of benzene rings is 1. The number of carbonyl (C=O) groups excluding carboxylic acids is 3. The van der Waals surface area contributed by atoms with Gasteiger partial charge in [-0.3, -0.25) is 29.0 Å². The highest BCUT2D eigenvalue weighted by Crippen LogP contribution is 2.45. The van der Waals surface area contributed by atoms with Crippen LogP contribution < -0.4 is 15.8 Å². The second kappa shape index (κ2) is 8.83. The maximum absolute atomic E-state index is 14.2. The molecule has 37 heavy (non-hydrogen) atoms. The summed E-state index contributed by atoms with van der Waals surface area (Å²) < 4.78 is 1.49. The molecule has 6 rings (SSSR count). The molecular formula is C28H29N5O4. The number of pyridine rings is 1. The molecule has 3 aliphatic rings. The Balaban J connectivity index is 1.48. The SMILES string of the molecule is Cc1cccn2c(=O)c3c(nc12)N1CCCCC[C@@H]1[C@@]1(C3)C(=O)NC(=O)N(CCc2ccccc2)C1=O. The van der Waals surface area contributed by atoms with Crippen molar-refractivity contribution in [3.8, 4) is 0 Å². The average Bonchev–Trinajstić information content (AvgIpc) is 3.16. The van der Waals surface area contributed by atoms with Gasteiger partial charge in [-0.1, -0.05) is 49.2 Å². The number of barbiturate groups is 1. The van der Waals surface area contributed by atoms with Crippen molar-refractivity contribution >= 4 is 29.3 Å². The Bertz CT molecular complexity index is 1480. The highest BCUT2D eigenvalue weighted by molar-refractivity contribution is 6.20. The Morgan fingerprint density at radius 1 is 1.03 bits per heavy atom. The minimum atomic E-state index is -1.57. The number of aromatic nitrogens is 2. The van der Waals surface area contributed by atoms with E-state index in [1.165, 1.54) is 9.30 Å². The second-order valence-electron chi connectivity index (χ2n) is 10.3. The molecule has 1 spiro atoms. The molecule has 2 fully saturated rings. The molecular weight excluding hydrogens is 470 g/mol. The molecule has 5 heterocycles. The van der Waals surface area contributed by atoms with E-state index in [0.717, 1.165) is 30.4 Å². The van der Waals surface area contributed by atoms with Crippen LogP contribution in [0.4, 0.5) is 10.6 Å². The summed E-state index contributed by atoms with van der Waals surface area (Å²) in [5.74, 6) is -0.576. The summed E-state index contributed by atoms with van der Waals surface area (Å²) in [6.07, 6.45) is 5.34. The third-order valence-electron chi connectivity index (χ3n) is 8.13. The molecule has 4 amide bonds. The molecule has 0 unspecified atom stereocenters. The van der Waals surface area contributed by atoms with E-state index in [-0.39, 0.29) is 18.5 Å². The van der Waals surface area contributed by atoms with Crippen LogP contribution >= 0.6 is 0 Å². The van der Waals surface area contributed by atoms with Crippen molar-refractivity contribution in [1.82, 2.24) is 19.6 Å². The van der Waals surface area contributed by atoms with E-state index < -0.39 is 29.3 Å². The van der Waals surface area contributed by atoms with E-state index in [0.29, 0.717) is 36.4 Å². The zero-order valence-electron chi connectivity index (χ0n) is 20.8. The first kappa shape index (κ1) is 23.4.